The van der Waals surface area contributed by atoms with Gasteiger partial charge in [0.05, 0.1) is 22.1 Å². The van der Waals surface area contributed by atoms with Crippen LogP contribution < -0.4 is 5.32 Å². The van der Waals surface area contributed by atoms with Crippen LogP contribution in [0.15, 0.2) is 28.5 Å². The minimum Gasteiger partial charge on any atom is -0.351 e. The molecule has 3 rings (SSSR count). The summed E-state index contributed by atoms with van der Waals surface area (Å²) in [5, 5.41) is 5.61. The van der Waals surface area contributed by atoms with E-state index in [1.807, 2.05) is 25.3 Å². The van der Waals surface area contributed by atoms with Gasteiger partial charge in [0.2, 0.25) is 15.9 Å². The molecular weight excluding hydrogens is 382 g/mol. The highest BCUT2D eigenvalue weighted by Gasteiger charge is 2.32. The lowest BCUT2D eigenvalue weighted by Crippen LogP contribution is -2.39. The van der Waals surface area contributed by atoms with Crippen molar-refractivity contribution in [3.8, 4) is 0 Å². The number of nitrogens with zero attached hydrogens (tertiary/aromatic N) is 2. The van der Waals surface area contributed by atoms with Gasteiger partial charge < -0.3 is 5.32 Å². The molecule has 1 fully saturated rings. The van der Waals surface area contributed by atoms with E-state index in [1.54, 1.807) is 16.4 Å². The van der Waals surface area contributed by atoms with Crippen molar-refractivity contribution >= 4 is 27.3 Å². The maximum Gasteiger partial charge on any atom is 0.243 e. The van der Waals surface area contributed by atoms with Crippen LogP contribution in [0.3, 0.4) is 0 Å². The molecule has 2 aromatic rings. The molecule has 6 nitrogen and oxygen atoms in total. The number of carbonyl (C=O) groups is 1. The predicted molar refractivity (Wildman–Crippen MR) is 106 cm³/mol. The van der Waals surface area contributed by atoms with Gasteiger partial charge in [0, 0.05) is 31.3 Å². The largest absolute Gasteiger partial charge is 0.351 e. The number of benzene rings is 1. The van der Waals surface area contributed by atoms with E-state index in [4.69, 9.17) is 0 Å². The van der Waals surface area contributed by atoms with Crippen molar-refractivity contribution in [2.45, 2.75) is 51.0 Å². The quantitative estimate of drug-likeness (QED) is 0.826. The molecule has 1 aliphatic heterocycles. The molecule has 0 spiro atoms. The van der Waals surface area contributed by atoms with E-state index in [0.717, 1.165) is 34.7 Å². The third kappa shape index (κ3) is 4.56. The number of sulfonamides is 1. The molecule has 1 atom stereocenters. The molecule has 146 valence electrons. The van der Waals surface area contributed by atoms with Gasteiger partial charge in [-0.1, -0.05) is 6.07 Å². The Hall–Kier alpha value is -1.77. The van der Waals surface area contributed by atoms with Gasteiger partial charge in [0.15, 0.2) is 0 Å². The molecule has 1 aromatic carbocycles. The molecule has 2 heterocycles. The number of carbonyl (C=O) groups excluding carboxylic acids is 1. The Balaban J connectivity index is 1.75. The van der Waals surface area contributed by atoms with Crippen LogP contribution in [0.2, 0.25) is 0 Å². The van der Waals surface area contributed by atoms with Crippen molar-refractivity contribution in [2.24, 2.45) is 0 Å². The Kier molecular flexibility index (Phi) is 5.98. The van der Waals surface area contributed by atoms with Crippen molar-refractivity contribution < 1.29 is 13.2 Å². The second-order valence-electron chi connectivity index (χ2n) is 7.04. The van der Waals surface area contributed by atoms with Gasteiger partial charge >= 0.3 is 0 Å². The van der Waals surface area contributed by atoms with Crippen molar-refractivity contribution in [3.05, 3.63) is 45.4 Å². The van der Waals surface area contributed by atoms with Crippen LogP contribution in [0.5, 0.6) is 0 Å². The normalized spacial score (nSPS) is 18.4. The average Bonchev–Trinajstić information content (AvgIpc) is 3.11. The minimum absolute atomic E-state index is 0.0899. The van der Waals surface area contributed by atoms with Crippen molar-refractivity contribution in [1.29, 1.82) is 0 Å². The van der Waals surface area contributed by atoms with Crippen molar-refractivity contribution in [1.82, 2.24) is 14.6 Å². The zero-order valence-corrected chi connectivity index (χ0v) is 17.5. The Morgan fingerprint density at radius 2 is 2.11 bits per heavy atom. The summed E-state index contributed by atoms with van der Waals surface area (Å²) in [7, 11) is -3.50. The van der Waals surface area contributed by atoms with Gasteiger partial charge in [0.25, 0.3) is 0 Å². The lowest BCUT2D eigenvalue weighted by Gasteiger charge is -2.31. The Morgan fingerprint density at radius 1 is 1.33 bits per heavy atom. The van der Waals surface area contributed by atoms with Crippen LogP contribution >= 0.6 is 11.3 Å². The lowest BCUT2D eigenvalue weighted by molar-refractivity contribution is -0.119. The van der Waals surface area contributed by atoms with E-state index in [0.29, 0.717) is 24.5 Å². The van der Waals surface area contributed by atoms with Crippen LogP contribution in [-0.2, 0) is 21.4 Å². The van der Waals surface area contributed by atoms with E-state index in [-0.39, 0.29) is 11.8 Å². The summed E-state index contributed by atoms with van der Waals surface area (Å²) in [6, 6.07) is 5.30. The second kappa shape index (κ2) is 8.08. The number of nitrogens with one attached hydrogen (secondary N) is 1. The van der Waals surface area contributed by atoms with E-state index < -0.39 is 10.0 Å². The summed E-state index contributed by atoms with van der Waals surface area (Å²) in [5.74, 6) is 0.00373. The van der Waals surface area contributed by atoms with E-state index in [1.165, 1.54) is 18.3 Å². The van der Waals surface area contributed by atoms with E-state index in [9.17, 15) is 13.2 Å². The lowest BCUT2D eigenvalue weighted by atomic mass is 10.0. The standard InChI is InChI=1S/C19H25N3O3S2/c1-13-6-7-18(9-14(13)2)27(24,25)22-8-4-5-16(11-22)19-21-17(12-26-19)10-20-15(3)23/h6-7,9,12,16H,4-5,8,10-11H2,1-3H3,(H,20,23)/t16-/m0/s1. The summed E-state index contributed by atoms with van der Waals surface area (Å²) in [4.78, 5) is 16.0. The maximum absolute atomic E-state index is 13.1. The number of thiazole rings is 1. The Morgan fingerprint density at radius 3 is 2.81 bits per heavy atom. The predicted octanol–water partition coefficient (Wildman–Crippen LogP) is 2.96. The van der Waals surface area contributed by atoms with Crippen LogP contribution in [0, 0.1) is 13.8 Å². The van der Waals surface area contributed by atoms with Crippen molar-refractivity contribution in [3.63, 3.8) is 0 Å². The third-order valence-corrected chi connectivity index (χ3v) is 7.85. The van der Waals surface area contributed by atoms with Crippen LogP contribution in [0.1, 0.15) is 47.5 Å². The summed E-state index contributed by atoms with van der Waals surface area (Å²) in [5.41, 5.74) is 2.88. The molecule has 1 aliphatic rings. The number of aromatic nitrogens is 1. The molecule has 0 bridgehead atoms. The third-order valence-electron chi connectivity index (χ3n) is 4.94. The minimum atomic E-state index is -3.50. The first-order valence-electron chi connectivity index (χ1n) is 9.03. The summed E-state index contributed by atoms with van der Waals surface area (Å²) >= 11 is 1.54. The fourth-order valence-electron chi connectivity index (χ4n) is 3.19. The first-order valence-corrected chi connectivity index (χ1v) is 11.4. The second-order valence-corrected chi connectivity index (χ2v) is 9.86. The molecule has 0 saturated carbocycles. The number of rotatable bonds is 5. The maximum atomic E-state index is 13.1. The number of amides is 1. The molecule has 0 aliphatic carbocycles. The van der Waals surface area contributed by atoms with E-state index >= 15 is 0 Å². The van der Waals surface area contributed by atoms with Gasteiger partial charge in [-0.3, -0.25) is 4.79 Å². The summed E-state index contributed by atoms with van der Waals surface area (Å²) in [6.45, 7) is 6.77. The van der Waals surface area contributed by atoms with E-state index in [2.05, 4.69) is 10.3 Å². The van der Waals surface area contributed by atoms with Gasteiger partial charge in [0.1, 0.15) is 0 Å². The molecule has 27 heavy (non-hydrogen) atoms. The van der Waals surface area contributed by atoms with Gasteiger partial charge in [-0.05, 0) is 49.9 Å². The summed E-state index contributed by atoms with van der Waals surface area (Å²) in [6.07, 6.45) is 1.74. The highest BCUT2D eigenvalue weighted by atomic mass is 32.2. The highest BCUT2D eigenvalue weighted by Crippen LogP contribution is 2.32. The monoisotopic (exact) mass is 407 g/mol. The molecule has 0 radical (unpaired) electrons. The highest BCUT2D eigenvalue weighted by molar-refractivity contribution is 7.89. The fourth-order valence-corrected chi connectivity index (χ4v) is 5.75. The molecule has 1 saturated heterocycles. The zero-order chi connectivity index (χ0) is 19.6. The fraction of sp³-hybridized carbons (Fsp3) is 0.474. The molecular formula is C19H25N3O3S2. The Bertz CT molecular complexity index is 937. The molecule has 0 unspecified atom stereocenters. The topological polar surface area (TPSA) is 79.4 Å². The first kappa shape index (κ1) is 20.0. The molecule has 1 N–H and O–H groups in total. The van der Waals surface area contributed by atoms with Crippen LogP contribution in [-0.4, -0.2) is 36.7 Å². The van der Waals surface area contributed by atoms with Crippen LogP contribution in [0.25, 0.3) is 0 Å². The summed E-state index contributed by atoms with van der Waals surface area (Å²) < 4.78 is 27.7. The zero-order valence-electron chi connectivity index (χ0n) is 15.9. The SMILES string of the molecule is CC(=O)NCc1csc([C@H]2CCCN(S(=O)(=O)c3ccc(C)c(C)c3)C2)n1. The van der Waals surface area contributed by atoms with Crippen LogP contribution in [0.4, 0.5) is 0 Å². The molecule has 1 aromatic heterocycles. The van der Waals surface area contributed by atoms with Gasteiger partial charge in [-0.2, -0.15) is 4.31 Å². The number of hydrogen-bond acceptors (Lipinski definition) is 5. The molecule has 8 heteroatoms. The van der Waals surface area contributed by atoms with Gasteiger partial charge in [-0.25, -0.2) is 13.4 Å². The average molecular weight is 408 g/mol. The number of aryl methyl sites for hydroxylation is 2. The number of hydrogen-bond donors (Lipinski definition) is 1. The first-order chi connectivity index (χ1) is 12.8. The molecule has 1 amide bonds. The Labute approximate surface area is 164 Å². The number of piperidine rings is 1. The van der Waals surface area contributed by atoms with Gasteiger partial charge in [-0.15, -0.1) is 11.3 Å². The smallest absolute Gasteiger partial charge is 0.243 e. The van der Waals surface area contributed by atoms with Crippen molar-refractivity contribution in [2.75, 3.05) is 13.1 Å².